The predicted molar refractivity (Wildman–Crippen MR) is 95.2 cm³/mol. The van der Waals surface area contributed by atoms with E-state index in [0.717, 1.165) is 0 Å². The normalized spacial score (nSPS) is 11.9. The van der Waals surface area contributed by atoms with Crippen molar-refractivity contribution in [3.8, 4) is 11.1 Å². The average molecular weight is 424 g/mol. The number of hydrogen-bond donors (Lipinski definition) is 0. The summed E-state index contributed by atoms with van der Waals surface area (Å²) in [7, 11) is -7.49. The lowest BCUT2D eigenvalue weighted by molar-refractivity contribution is -0.306. The first kappa shape index (κ1) is 21.6. The highest BCUT2D eigenvalue weighted by atomic mass is 32.2. The number of carbonyl (C=O) groups is 2. The van der Waals surface area contributed by atoms with Crippen LogP contribution in [0.25, 0.3) is 11.1 Å². The molecule has 0 aliphatic heterocycles. The maximum atomic E-state index is 12.0. The number of sulfone groups is 2. The highest BCUT2D eigenvalue weighted by molar-refractivity contribution is 7.91. The van der Waals surface area contributed by atoms with Crippen LogP contribution in [-0.4, -0.2) is 40.3 Å². The molecule has 28 heavy (non-hydrogen) atoms. The van der Waals surface area contributed by atoms with Crippen molar-refractivity contribution in [2.45, 2.75) is 22.6 Å². The Morgan fingerprint density at radius 2 is 0.893 bits per heavy atom. The summed E-state index contributed by atoms with van der Waals surface area (Å²) in [6.45, 7) is 0. The van der Waals surface area contributed by atoms with Crippen molar-refractivity contribution in [2.75, 3.05) is 11.5 Å². The lowest BCUT2D eigenvalue weighted by Crippen LogP contribution is -2.25. The molecule has 0 heterocycles. The van der Waals surface area contributed by atoms with Gasteiger partial charge in [0.2, 0.25) is 0 Å². The Balaban J connectivity index is 2.18. The number of carboxylic acids is 2. The third-order valence-electron chi connectivity index (χ3n) is 3.91. The van der Waals surface area contributed by atoms with Gasteiger partial charge in [-0.15, -0.1) is 0 Å². The number of hydrogen-bond acceptors (Lipinski definition) is 8. The van der Waals surface area contributed by atoms with E-state index in [4.69, 9.17) is 0 Å². The van der Waals surface area contributed by atoms with Crippen molar-refractivity contribution in [3.05, 3.63) is 48.5 Å². The molecule has 0 spiro atoms. The van der Waals surface area contributed by atoms with Gasteiger partial charge in [0, 0.05) is 24.8 Å². The van der Waals surface area contributed by atoms with E-state index < -0.39 is 56.0 Å². The highest BCUT2D eigenvalue weighted by Crippen LogP contribution is 2.24. The molecule has 0 N–H and O–H groups in total. The van der Waals surface area contributed by atoms with Gasteiger partial charge in [-0.05, 0) is 35.4 Å². The van der Waals surface area contributed by atoms with Gasteiger partial charge in [-0.1, -0.05) is 24.3 Å². The van der Waals surface area contributed by atoms with Crippen molar-refractivity contribution in [1.82, 2.24) is 0 Å². The molecule has 10 heteroatoms. The zero-order valence-electron chi connectivity index (χ0n) is 14.5. The summed E-state index contributed by atoms with van der Waals surface area (Å²) in [4.78, 5) is 20.8. The van der Waals surface area contributed by atoms with E-state index in [2.05, 4.69) is 0 Å². The van der Waals surface area contributed by atoms with E-state index in [1.807, 2.05) is 0 Å². The number of aliphatic carboxylic acids is 2. The van der Waals surface area contributed by atoms with E-state index in [1.54, 1.807) is 0 Å². The summed E-state index contributed by atoms with van der Waals surface area (Å²) in [6.07, 6.45) is -1.20. The smallest absolute Gasteiger partial charge is 0.178 e. The minimum Gasteiger partial charge on any atom is -0.550 e. The van der Waals surface area contributed by atoms with Gasteiger partial charge in [0.05, 0.1) is 21.3 Å². The summed E-state index contributed by atoms with van der Waals surface area (Å²) in [6, 6.07) is 11.4. The van der Waals surface area contributed by atoms with Crippen LogP contribution in [0.4, 0.5) is 0 Å². The fourth-order valence-electron chi connectivity index (χ4n) is 2.38. The molecule has 0 bridgehead atoms. The number of carboxylic acid groups (broad SMARTS) is 2. The van der Waals surface area contributed by atoms with Crippen molar-refractivity contribution >= 4 is 31.6 Å². The molecule has 2 rings (SSSR count). The molecule has 2 aromatic carbocycles. The average Bonchev–Trinajstić information content (AvgIpc) is 2.65. The first-order valence-corrected chi connectivity index (χ1v) is 11.4. The maximum Gasteiger partial charge on any atom is 0.178 e. The fourth-order valence-corrected chi connectivity index (χ4v) is 4.82. The second kappa shape index (κ2) is 8.53. The van der Waals surface area contributed by atoms with Crippen LogP contribution in [0.5, 0.6) is 0 Å². The molecular weight excluding hydrogens is 408 g/mol. The Morgan fingerprint density at radius 1 is 0.607 bits per heavy atom. The van der Waals surface area contributed by atoms with Crippen LogP contribution in [0.15, 0.2) is 58.3 Å². The lowest BCUT2D eigenvalue weighted by Gasteiger charge is -2.08. The van der Waals surface area contributed by atoms with E-state index in [9.17, 15) is 36.6 Å². The monoisotopic (exact) mass is 424 g/mol. The van der Waals surface area contributed by atoms with Crippen LogP contribution < -0.4 is 10.2 Å². The summed E-state index contributed by atoms with van der Waals surface area (Å²) < 4.78 is 48.2. The van der Waals surface area contributed by atoms with Gasteiger partial charge in [-0.25, -0.2) is 16.8 Å². The van der Waals surface area contributed by atoms with Gasteiger partial charge in [-0.2, -0.15) is 0 Å². The van der Waals surface area contributed by atoms with Gasteiger partial charge in [0.15, 0.2) is 19.7 Å². The van der Waals surface area contributed by atoms with Gasteiger partial charge in [0.1, 0.15) is 0 Å². The SMILES string of the molecule is O=C([O-])CCS(=O)(=O)c1ccc(-c2ccc(S(=O)(=O)CCC(=O)[O-])cc2)cc1. The van der Waals surface area contributed by atoms with Crippen LogP contribution >= 0.6 is 0 Å². The summed E-state index contributed by atoms with van der Waals surface area (Å²) in [5.41, 5.74) is 1.25. The van der Waals surface area contributed by atoms with Crippen LogP contribution in [0.3, 0.4) is 0 Å². The van der Waals surface area contributed by atoms with E-state index in [-0.39, 0.29) is 9.79 Å². The van der Waals surface area contributed by atoms with Gasteiger partial charge < -0.3 is 19.8 Å². The second-order valence-electron chi connectivity index (χ2n) is 5.93. The molecule has 0 aliphatic rings. The molecule has 2 aromatic rings. The number of benzene rings is 2. The van der Waals surface area contributed by atoms with Gasteiger partial charge >= 0.3 is 0 Å². The highest BCUT2D eigenvalue weighted by Gasteiger charge is 2.16. The molecule has 0 aliphatic carbocycles. The van der Waals surface area contributed by atoms with Gasteiger partial charge in [0.25, 0.3) is 0 Å². The van der Waals surface area contributed by atoms with Crippen LogP contribution in [-0.2, 0) is 29.3 Å². The molecular formula is C18H16O8S2-2. The largest absolute Gasteiger partial charge is 0.550 e. The molecule has 0 saturated carbocycles. The summed E-state index contributed by atoms with van der Waals surface area (Å²) in [5.74, 6) is -4.02. The first-order valence-electron chi connectivity index (χ1n) is 8.07. The Morgan fingerprint density at radius 3 is 1.14 bits per heavy atom. The van der Waals surface area contributed by atoms with Crippen molar-refractivity contribution in [1.29, 1.82) is 0 Å². The Labute approximate surface area is 162 Å². The molecule has 0 unspecified atom stereocenters. The van der Waals surface area contributed by atoms with Crippen molar-refractivity contribution < 1.29 is 36.6 Å². The molecule has 0 fully saturated rings. The zero-order chi connectivity index (χ0) is 20.9. The lowest BCUT2D eigenvalue weighted by atomic mass is 10.1. The molecule has 0 amide bonds. The van der Waals surface area contributed by atoms with E-state index in [0.29, 0.717) is 11.1 Å². The molecule has 8 nitrogen and oxygen atoms in total. The molecule has 0 atom stereocenters. The Bertz CT molecular complexity index is 978. The molecule has 0 aromatic heterocycles. The standard InChI is InChI=1S/C18H18O8S2/c19-17(20)9-11-27(23,24)15-5-1-13(2-6-15)14-3-7-16(8-4-14)28(25,26)12-10-18(21)22/h1-8H,9-12H2,(H,19,20)(H,21,22)/p-2. The van der Waals surface area contributed by atoms with Crippen LogP contribution in [0.1, 0.15) is 12.8 Å². The van der Waals surface area contributed by atoms with E-state index in [1.165, 1.54) is 48.5 Å². The molecule has 0 radical (unpaired) electrons. The third-order valence-corrected chi connectivity index (χ3v) is 7.37. The van der Waals surface area contributed by atoms with Crippen molar-refractivity contribution in [3.63, 3.8) is 0 Å². The molecule has 0 saturated heterocycles. The minimum atomic E-state index is -3.75. The quantitative estimate of drug-likeness (QED) is 0.507. The Hall–Kier alpha value is -2.72. The summed E-state index contributed by atoms with van der Waals surface area (Å²) >= 11 is 0. The second-order valence-corrected chi connectivity index (χ2v) is 10.1. The van der Waals surface area contributed by atoms with Crippen molar-refractivity contribution in [2.24, 2.45) is 0 Å². The fraction of sp³-hybridized carbons (Fsp3) is 0.222. The Kier molecular flexibility index (Phi) is 6.57. The van der Waals surface area contributed by atoms with Crippen LogP contribution in [0.2, 0.25) is 0 Å². The van der Waals surface area contributed by atoms with Gasteiger partial charge in [-0.3, -0.25) is 0 Å². The minimum absolute atomic E-state index is 0.0287. The predicted octanol–water partition coefficient (Wildman–Crippen LogP) is -0.819. The number of carbonyl (C=O) groups excluding carboxylic acids is 2. The summed E-state index contributed by atoms with van der Waals surface area (Å²) in [5, 5.41) is 20.9. The zero-order valence-corrected chi connectivity index (χ0v) is 16.2. The third kappa shape index (κ3) is 5.64. The van der Waals surface area contributed by atoms with Crippen LogP contribution in [0, 0.1) is 0 Å². The topological polar surface area (TPSA) is 149 Å². The maximum absolute atomic E-state index is 12.0. The first-order chi connectivity index (χ1) is 13.0. The number of rotatable bonds is 9. The molecule has 150 valence electrons. The van der Waals surface area contributed by atoms with E-state index >= 15 is 0 Å².